The number of halogens is 2. The Morgan fingerprint density at radius 3 is 2.87 bits per heavy atom. The monoisotopic (exact) mass is 352 g/mol. The first-order chi connectivity index (χ1) is 7.13. The van der Waals surface area contributed by atoms with Crippen LogP contribution in [-0.4, -0.2) is 24.0 Å². The van der Waals surface area contributed by atoms with Crippen LogP contribution in [0.2, 0.25) is 0 Å². The summed E-state index contributed by atoms with van der Waals surface area (Å²) in [6, 6.07) is 2.87. The molecule has 1 aromatic rings. The Morgan fingerprint density at radius 2 is 2.33 bits per heavy atom. The summed E-state index contributed by atoms with van der Waals surface area (Å²) in [6.45, 7) is 4.39. The largest absolute Gasteiger partial charge is 0.326 e. The first kappa shape index (κ1) is 12.0. The fourth-order valence-corrected chi connectivity index (χ4v) is 4.44. The summed E-state index contributed by atoms with van der Waals surface area (Å²) in [4.78, 5) is 3.82. The zero-order valence-corrected chi connectivity index (χ0v) is 12.5. The van der Waals surface area contributed by atoms with Crippen LogP contribution >= 0.6 is 43.2 Å². The minimum Gasteiger partial charge on any atom is -0.326 e. The predicted molar refractivity (Wildman–Crippen MR) is 72.3 cm³/mol. The van der Waals surface area contributed by atoms with Crippen LogP contribution in [0.25, 0.3) is 0 Å². The highest BCUT2D eigenvalue weighted by molar-refractivity contribution is 9.13. The first-order valence-electron chi connectivity index (χ1n) is 5.07. The van der Waals surface area contributed by atoms with Gasteiger partial charge in [0.2, 0.25) is 0 Å². The molecule has 0 aliphatic carbocycles. The van der Waals surface area contributed by atoms with Gasteiger partial charge < -0.3 is 5.73 Å². The van der Waals surface area contributed by atoms with E-state index in [-0.39, 0.29) is 6.04 Å². The van der Waals surface area contributed by atoms with Crippen molar-refractivity contribution in [3.05, 3.63) is 19.2 Å². The SMILES string of the molecule is CCN1CCC(N)C1c1cc(Br)c(Br)s1. The van der Waals surface area contributed by atoms with E-state index in [1.807, 2.05) is 0 Å². The van der Waals surface area contributed by atoms with Crippen molar-refractivity contribution in [2.45, 2.75) is 25.4 Å². The second-order valence-electron chi connectivity index (χ2n) is 3.80. The van der Waals surface area contributed by atoms with Gasteiger partial charge in [0.05, 0.1) is 9.83 Å². The van der Waals surface area contributed by atoms with Crippen LogP contribution < -0.4 is 5.73 Å². The van der Waals surface area contributed by atoms with Crippen LogP contribution in [0.1, 0.15) is 24.3 Å². The van der Waals surface area contributed by atoms with E-state index in [1.165, 1.54) is 4.88 Å². The van der Waals surface area contributed by atoms with Crippen molar-refractivity contribution in [2.75, 3.05) is 13.1 Å². The predicted octanol–water partition coefficient (Wildman–Crippen LogP) is 3.37. The molecule has 0 radical (unpaired) electrons. The van der Waals surface area contributed by atoms with Gasteiger partial charge in [-0.3, -0.25) is 4.90 Å². The highest BCUT2D eigenvalue weighted by atomic mass is 79.9. The number of hydrogen-bond acceptors (Lipinski definition) is 3. The van der Waals surface area contributed by atoms with E-state index in [1.54, 1.807) is 11.3 Å². The number of rotatable bonds is 2. The Labute approximate surface area is 111 Å². The van der Waals surface area contributed by atoms with Crippen LogP contribution in [0.5, 0.6) is 0 Å². The Kier molecular flexibility index (Phi) is 3.88. The summed E-state index contributed by atoms with van der Waals surface area (Å²) in [6.07, 6.45) is 1.10. The number of likely N-dealkylation sites (tertiary alicyclic amines) is 1. The highest BCUT2D eigenvalue weighted by Crippen LogP contribution is 2.40. The van der Waals surface area contributed by atoms with Crippen LogP contribution in [0, 0.1) is 0 Å². The number of nitrogens with zero attached hydrogens (tertiary/aromatic N) is 1. The van der Waals surface area contributed by atoms with E-state index in [0.717, 1.165) is 27.8 Å². The summed E-state index contributed by atoms with van der Waals surface area (Å²) in [5, 5.41) is 0. The minimum atomic E-state index is 0.280. The maximum atomic E-state index is 6.17. The molecule has 1 aliphatic heterocycles. The summed E-state index contributed by atoms with van der Waals surface area (Å²) in [7, 11) is 0. The Bertz CT molecular complexity index is 334. The minimum absolute atomic E-state index is 0.280. The van der Waals surface area contributed by atoms with Gasteiger partial charge in [-0.05, 0) is 50.9 Å². The molecule has 15 heavy (non-hydrogen) atoms. The second kappa shape index (κ2) is 4.84. The van der Waals surface area contributed by atoms with Crippen molar-refractivity contribution < 1.29 is 0 Å². The van der Waals surface area contributed by atoms with E-state index in [0.29, 0.717) is 6.04 Å². The van der Waals surface area contributed by atoms with Gasteiger partial charge in [0.25, 0.3) is 0 Å². The summed E-state index contributed by atoms with van der Waals surface area (Å²) in [5.41, 5.74) is 6.17. The van der Waals surface area contributed by atoms with Crippen LogP contribution in [0.4, 0.5) is 0 Å². The fourth-order valence-electron chi connectivity index (χ4n) is 2.14. The maximum absolute atomic E-state index is 6.17. The van der Waals surface area contributed by atoms with Gasteiger partial charge in [-0.2, -0.15) is 0 Å². The lowest BCUT2D eigenvalue weighted by Gasteiger charge is -2.24. The van der Waals surface area contributed by atoms with E-state index in [9.17, 15) is 0 Å². The van der Waals surface area contributed by atoms with Gasteiger partial charge in [0.15, 0.2) is 0 Å². The maximum Gasteiger partial charge on any atom is 0.0843 e. The van der Waals surface area contributed by atoms with E-state index in [2.05, 4.69) is 49.7 Å². The third-order valence-corrected chi connectivity index (χ3v) is 6.24. The molecular weight excluding hydrogens is 340 g/mol. The molecule has 84 valence electrons. The average molecular weight is 354 g/mol. The molecule has 0 amide bonds. The topological polar surface area (TPSA) is 29.3 Å². The molecule has 2 atom stereocenters. The Balaban J connectivity index is 2.28. The molecule has 0 bridgehead atoms. The number of thiophene rings is 1. The molecule has 0 spiro atoms. The fraction of sp³-hybridized carbons (Fsp3) is 0.600. The van der Waals surface area contributed by atoms with Gasteiger partial charge in [-0.15, -0.1) is 11.3 Å². The molecule has 2 heterocycles. The first-order valence-corrected chi connectivity index (χ1v) is 7.48. The van der Waals surface area contributed by atoms with Gasteiger partial charge in [0, 0.05) is 21.9 Å². The summed E-state index contributed by atoms with van der Waals surface area (Å²) in [5.74, 6) is 0. The third kappa shape index (κ3) is 2.31. The number of hydrogen-bond donors (Lipinski definition) is 1. The van der Waals surface area contributed by atoms with Crippen LogP contribution in [0.3, 0.4) is 0 Å². The third-order valence-electron chi connectivity index (χ3n) is 2.91. The van der Waals surface area contributed by atoms with Crippen molar-refractivity contribution in [1.82, 2.24) is 4.90 Å². The van der Waals surface area contributed by atoms with Gasteiger partial charge in [0.1, 0.15) is 0 Å². The van der Waals surface area contributed by atoms with Gasteiger partial charge >= 0.3 is 0 Å². The summed E-state index contributed by atoms with van der Waals surface area (Å²) < 4.78 is 2.30. The van der Waals surface area contributed by atoms with Gasteiger partial charge in [-0.25, -0.2) is 0 Å². The lowest BCUT2D eigenvalue weighted by Crippen LogP contribution is -2.31. The molecular formula is C10H14Br2N2S. The molecule has 2 unspecified atom stereocenters. The van der Waals surface area contributed by atoms with Crippen LogP contribution in [0.15, 0.2) is 14.3 Å². The molecule has 2 N–H and O–H groups in total. The van der Waals surface area contributed by atoms with Crippen molar-refractivity contribution in [2.24, 2.45) is 5.73 Å². The van der Waals surface area contributed by atoms with Crippen molar-refractivity contribution in [3.63, 3.8) is 0 Å². The van der Waals surface area contributed by atoms with Crippen molar-refractivity contribution in [3.8, 4) is 0 Å². The molecule has 1 aliphatic rings. The zero-order valence-electron chi connectivity index (χ0n) is 8.54. The smallest absolute Gasteiger partial charge is 0.0843 e. The van der Waals surface area contributed by atoms with Gasteiger partial charge in [-0.1, -0.05) is 6.92 Å². The Morgan fingerprint density at radius 1 is 1.60 bits per heavy atom. The zero-order chi connectivity index (χ0) is 11.0. The van der Waals surface area contributed by atoms with Crippen molar-refractivity contribution >= 4 is 43.2 Å². The van der Waals surface area contributed by atoms with E-state index in [4.69, 9.17) is 5.73 Å². The molecule has 0 aromatic carbocycles. The molecule has 1 saturated heterocycles. The number of nitrogens with two attached hydrogens (primary N) is 1. The summed E-state index contributed by atoms with van der Waals surface area (Å²) >= 11 is 8.85. The molecule has 0 saturated carbocycles. The van der Waals surface area contributed by atoms with E-state index >= 15 is 0 Å². The number of likely N-dealkylation sites (N-methyl/N-ethyl adjacent to an activating group) is 1. The highest BCUT2D eigenvalue weighted by Gasteiger charge is 2.33. The normalized spacial score (nSPS) is 27.5. The quantitative estimate of drug-likeness (QED) is 0.883. The molecule has 2 nitrogen and oxygen atoms in total. The molecule has 1 fully saturated rings. The van der Waals surface area contributed by atoms with E-state index < -0.39 is 0 Å². The van der Waals surface area contributed by atoms with Crippen molar-refractivity contribution in [1.29, 1.82) is 0 Å². The lowest BCUT2D eigenvalue weighted by molar-refractivity contribution is 0.264. The Hall–Kier alpha value is 0.580. The lowest BCUT2D eigenvalue weighted by atomic mass is 10.1. The standard InChI is InChI=1S/C10H14Br2N2S/c1-2-14-4-3-7(13)9(14)8-5-6(11)10(12)15-8/h5,7,9H,2-4,13H2,1H3. The molecule has 5 heteroatoms. The van der Waals surface area contributed by atoms with Crippen LogP contribution in [-0.2, 0) is 0 Å². The average Bonchev–Trinajstić information content (AvgIpc) is 2.71. The molecule has 1 aromatic heterocycles. The molecule has 2 rings (SSSR count). The second-order valence-corrected chi connectivity index (χ2v) is 7.05.